The van der Waals surface area contributed by atoms with Crippen molar-refractivity contribution >= 4 is 17.0 Å². The van der Waals surface area contributed by atoms with Gasteiger partial charge in [-0.15, -0.1) is 0 Å². The maximum Gasteiger partial charge on any atom is 0.417 e. The molecule has 0 aliphatic carbocycles. The number of fused-ring (bicyclic) bond motifs is 2. The van der Waals surface area contributed by atoms with Gasteiger partial charge in [-0.3, -0.25) is 4.90 Å². The second-order valence-electron chi connectivity index (χ2n) is 5.96. The molecule has 2 aromatic carbocycles. The zero-order valence-electron chi connectivity index (χ0n) is 13.1. The van der Waals surface area contributed by atoms with E-state index in [9.17, 15) is 9.18 Å². The Labute approximate surface area is 138 Å². The molecule has 1 amide bonds. The normalized spacial score (nSPS) is 13.8. The van der Waals surface area contributed by atoms with Crippen molar-refractivity contribution in [3.05, 3.63) is 71.0 Å². The van der Waals surface area contributed by atoms with Crippen molar-refractivity contribution in [1.29, 1.82) is 0 Å². The van der Waals surface area contributed by atoms with E-state index in [4.69, 9.17) is 4.74 Å². The summed E-state index contributed by atoms with van der Waals surface area (Å²) in [6, 6.07) is 14.3. The molecule has 0 atom stereocenters. The fraction of sp³-hybridized carbons (Fsp3) is 0.158. The van der Waals surface area contributed by atoms with Crippen molar-refractivity contribution in [3.63, 3.8) is 0 Å². The van der Waals surface area contributed by atoms with Crippen molar-refractivity contribution in [2.75, 3.05) is 0 Å². The lowest BCUT2D eigenvalue weighted by Gasteiger charge is -2.27. The van der Waals surface area contributed by atoms with Gasteiger partial charge in [-0.05, 0) is 31.2 Å². The van der Waals surface area contributed by atoms with Crippen LogP contribution in [0.25, 0.3) is 10.9 Å². The SMILES string of the molecule is Cc1ccc2nc3c(cc2c1)CN(Cc1ccccc1F)C(=O)O3. The van der Waals surface area contributed by atoms with Crippen LogP contribution in [0.4, 0.5) is 9.18 Å². The Kier molecular flexibility index (Phi) is 3.41. The maximum absolute atomic E-state index is 13.8. The Morgan fingerprint density at radius 2 is 2.04 bits per heavy atom. The molecule has 1 aliphatic rings. The highest BCUT2D eigenvalue weighted by Crippen LogP contribution is 2.29. The summed E-state index contributed by atoms with van der Waals surface area (Å²) in [6.07, 6.45) is -0.510. The highest BCUT2D eigenvalue weighted by atomic mass is 19.1. The van der Waals surface area contributed by atoms with Gasteiger partial charge in [0, 0.05) is 16.5 Å². The standard InChI is InChI=1S/C19H15FN2O2/c1-12-6-7-17-14(8-12)9-15-11-22(19(23)24-18(15)21-17)10-13-4-2-3-5-16(13)20/h2-9H,10-11H2,1H3. The second kappa shape index (κ2) is 5.60. The lowest BCUT2D eigenvalue weighted by atomic mass is 10.1. The summed E-state index contributed by atoms with van der Waals surface area (Å²) in [4.78, 5) is 18.1. The second-order valence-corrected chi connectivity index (χ2v) is 5.96. The summed E-state index contributed by atoms with van der Waals surface area (Å²) in [5.41, 5.74) is 3.21. The van der Waals surface area contributed by atoms with E-state index in [1.165, 1.54) is 11.0 Å². The minimum atomic E-state index is -0.510. The molecule has 120 valence electrons. The van der Waals surface area contributed by atoms with Crippen LogP contribution >= 0.6 is 0 Å². The van der Waals surface area contributed by atoms with Gasteiger partial charge >= 0.3 is 6.09 Å². The number of halogens is 1. The number of rotatable bonds is 2. The van der Waals surface area contributed by atoms with Gasteiger partial charge in [0.15, 0.2) is 0 Å². The van der Waals surface area contributed by atoms with Gasteiger partial charge in [0.05, 0.1) is 18.6 Å². The first-order valence-corrected chi connectivity index (χ1v) is 7.70. The predicted molar refractivity (Wildman–Crippen MR) is 88.2 cm³/mol. The average Bonchev–Trinajstić information content (AvgIpc) is 2.56. The summed E-state index contributed by atoms with van der Waals surface area (Å²) in [6.45, 7) is 2.53. The molecule has 2 heterocycles. The van der Waals surface area contributed by atoms with Crippen molar-refractivity contribution in [2.24, 2.45) is 0 Å². The van der Waals surface area contributed by atoms with Gasteiger partial charge in [0.25, 0.3) is 0 Å². The van der Waals surface area contributed by atoms with E-state index in [2.05, 4.69) is 4.98 Å². The number of ether oxygens (including phenoxy) is 1. The molecule has 24 heavy (non-hydrogen) atoms. The first-order valence-electron chi connectivity index (χ1n) is 7.70. The molecule has 0 unspecified atom stereocenters. The van der Waals surface area contributed by atoms with Crippen molar-refractivity contribution < 1.29 is 13.9 Å². The maximum atomic E-state index is 13.8. The van der Waals surface area contributed by atoms with Gasteiger partial charge in [0.1, 0.15) is 5.82 Å². The van der Waals surface area contributed by atoms with E-state index in [0.717, 1.165) is 22.0 Å². The van der Waals surface area contributed by atoms with Gasteiger partial charge in [-0.25, -0.2) is 14.2 Å². The molecule has 1 aliphatic heterocycles. The Morgan fingerprint density at radius 3 is 2.88 bits per heavy atom. The lowest BCUT2D eigenvalue weighted by molar-refractivity contribution is 0.132. The number of carbonyl (C=O) groups excluding carboxylic acids is 1. The summed E-state index contributed by atoms with van der Waals surface area (Å²) in [5.74, 6) is 0.00416. The molecule has 3 aromatic rings. The summed E-state index contributed by atoms with van der Waals surface area (Å²) in [7, 11) is 0. The molecule has 0 radical (unpaired) electrons. The number of carbonyl (C=O) groups is 1. The van der Waals surface area contributed by atoms with Gasteiger partial charge in [-0.1, -0.05) is 29.8 Å². The minimum Gasteiger partial charge on any atom is -0.391 e. The van der Waals surface area contributed by atoms with Crippen LogP contribution in [0.15, 0.2) is 48.5 Å². The summed E-state index contributed by atoms with van der Waals surface area (Å²) in [5, 5.41) is 0.998. The lowest BCUT2D eigenvalue weighted by Crippen LogP contribution is -2.37. The van der Waals surface area contributed by atoms with Crippen LogP contribution < -0.4 is 4.74 Å². The molecular formula is C19H15FN2O2. The smallest absolute Gasteiger partial charge is 0.391 e. The zero-order valence-corrected chi connectivity index (χ0v) is 13.1. The van der Waals surface area contributed by atoms with Crippen molar-refractivity contribution in [3.8, 4) is 5.88 Å². The molecule has 5 heteroatoms. The highest BCUT2D eigenvalue weighted by molar-refractivity contribution is 5.82. The summed E-state index contributed by atoms with van der Waals surface area (Å²) < 4.78 is 19.2. The van der Waals surface area contributed by atoms with Crippen LogP contribution in [0.3, 0.4) is 0 Å². The van der Waals surface area contributed by atoms with Crippen LogP contribution in [0.2, 0.25) is 0 Å². The number of amides is 1. The molecule has 0 saturated carbocycles. The number of nitrogens with zero attached hydrogens (tertiary/aromatic N) is 2. The van der Waals surface area contributed by atoms with E-state index in [1.807, 2.05) is 31.2 Å². The van der Waals surface area contributed by atoms with E-state index < -0.39 is 6.09 Å². The molecule has 0 bridgehead atoms. The highest BCUT2D eigenvalue weighted by Gasteiger charge is 2.27. The van der Waals surface area contributed by atoms with Gasteiger partial charge in [0.2, 0.25) is 5.88 Å². The molecule has 4 rings (SSSR count). The van der Waals surface area contributed by atoms with E-state index in [0.29, 0.717) is 18.0 Å². The van der Waals surface area contributed by atoms with Gasteiger partial charge in [-0.2, -0.15) is 0 Å². The first kappa shape index (κ1) is 14.6. The third kappa shape index (κ3) is 2.58. The van der Waals surface area contributed by atoms with Crippen molar-refractivity contribution in [2.45, 2.75) is 20.0 Å². The molecule has 4 nitrogen and oxygen atoms in total. The van der Waals surface area contributed by atoms with E-state index in [-0.39, 0.29) is 12.4 Å². The van der Waals surface area contributed by atoms with E-state index >= 15 is 0 Å². The van der Waals surface area contributed by atoms with Crippen molar-refractivity contribution in [1.82, 2.24) is 9.88 Å². The molecule has 0 saturated heterocycles. The summed E-state index contributed by atoms with van der Waals surface area (Å²) >= 11 is 0. The van der Waals surface area contributed by atoms with E-state index in [1.54, 1.807) is 18.2 Å². The number of hydrogen-bond acceptors (Lipinski definition) is 3. The molecule has 0 N–H and O–H groups in total. The number of pyridine rings is 1. The zero-order chi connectivity index (χ0) is 16.7. The van der Waals surface area contributed by atoms with Crippen LogP contribution in [-0.4, -0.2) is 16.0 Å². The number of aromatic nitrogens is 1. The first-order chi connectivity index (χ1) is 11.6. The topological polar surface area (TPSA) is 42.4 Å². The molecule has 0 spiro atoms. The Balaban J connectivity index is 1.68. The number of aryl methyl sites for hydroxylation is 1. The number of hydrogen-bond donors (Lipinski definition) is 0. The van der Waals surface area contributed by atoms with Crippen LogP contribution in [-0.2, 0) is 13.1 Å². The Bertz CT molecular complexity index is 955. The predicted octanol–water partition coefficient (Wildman–Crippen LogP) is 4.20. The fourth-order valence-corrected chi connectivity index (χ4v) is 2.89. The largest absolute Gasteiger partial charge is 0.417 e. The Hall–Kier alpha value is -2.95. The molecule has 0 fully saturated rings. The number of benzene rings is 2. The van der Waals surface area contributed by atoms with Crippen LogP contribution in [0, 0.1) is 12.7 Å². The quantitative estimate of drug-likeness (QED) is 0.710. The molecular weight excluding hydrogens is 307 g/mol. The monoisotopic (exact) mass is 322 g/mol. The molecule has 1 aromatic heterocycles. The fourth-order valence-electron chi connectivity index (χ4n) is 2.89. The van der Waals surface area contributed by atoms with Gasteiger partial charge < -0.3 is 4.74 Å². The van der Waals surface area contributed by atoms with Crippen LogP contribution in [0.1, 0.15) is 16.7 Å². The Morgan fingerprint density at radius 1 is 1.21 bits per heavy atom. The minimum absolute atomic E-state index is 0.163. The average molecular weight is 322 g/mol. The third-order valence-electron chi connectivity index (χ3n) is 4.13. The van der Waals surface area contributed by atoms with Crippen LogP contribution in [0.5, 0.6) is 5.88 Å². The third-order valence-corrected chi connectivity index (χ3v) is 4.13.